The molecule has 0 aliphatic rings. The molecular weight excluding hydrogens is 242 g/mol. The van der Waals surface area contributed by atoms with Crippen molar-refractivity contribution in [2.24, 2.45) is 0 Å². The zero-order valence-corrected chi connectivity index (χ0v) is 10.9. The van der Waals surface area contributed by atoms with Crippen LogP contribution in [0.2, 0.25) is 0 Å². The molecular formula is C14H15N3O2. The van der Waals surface area contributed by atoms with Crippen LogP contribution in [0.1, 0.15) is 23.0 Å². The SMILES string of the molecule is CCn1cncc1C(=O)c1ccc(N(C)C=O)cc1. The largest absolute Gasteiger partial charge is 0.328 e. The fraction of sp³-hybridized carbons (Fsp3) is 0.214. The fourth-order valence-corrected chi connectivity index (χ4v) is 1.82. The van der Waals surface area contributed by atoms with Gasteiger partial charge in [0.2, 0.25) is 12.2 Å². The molecule has 1 aromatic carbocycles. The molecule has 5 heteroatoms. The third kappa shape index (κ3) is 2.54. The highest BCUT2D eigenvalue weighted by atomic mass is 16.1. The molecule has 1 amide bonds. The molecule has 1 heterocycles. The first-order valence-electron chi connectivity index (χ1n) is 6.00. The van der Waals surface area contributed by atoms with E-state index in [1.165, 1.54) is 4.90 Å². The summed E-state index contributed by atoms with van der Waals surface area (Å²) < 4.78 is 1.80. The first-order chi connectivity index (χ1) is 9.17. The number of ketones is 1. The molecule has 0 aliphatic carbocycles. The molecule has 0 N–H and O–H groups in total. The van der Waals surface area contributed by atoms with E-state index in [9.17, 15) is 9.59 Å². The van der Waals surface area contributed by atoms with Gasteiger partial charge in [0, 0.05) is 24.8 Å². The van der Waals surface area contributed by atoms with Crippen LogP contribution in [0.15, 0.2) is 36.8 Å². The van der Waals surface area contributed by atoms with Crippen LogP contribution in [0.4, 0.5) is 5.69 Å². The predicted molar refractivity (Wildman–Crippen MR) is 72.2 cm³/mol. The molecule has 0 radical (unpaired) electrons. The molecule has 0 saturated heterocycles. The van der Waals surface area contributed by atoms with Gasteiger partial charge >= 0.3 is 0 Å². The summed E-state index contributed by atoms with van der Waals surface area (Å²) in [6.07, 6.45) is 3.93. The molecule has 0 bridgehead atoms. The summed E-state index contributed by atoms with van der Waals surface area (Å²) in [6, 6.07) is 6.91. The van der Waals surface area contributed by atoms with E-state index in [0.29, 0.717) is 17.8 Å². The molecule has 0 spiro atoms. The highest BCUT2D eigenvalue weighted by molar-refractivity contribution is 6.08. The number of benzene rings is 1. The van der Waals surface area contributed by atoms with Crippen LogP contribution < -0.4 is 4.90 Å². The van der Waals surface area contributed by atoms with Gasteiger partial charge in [-0.2, -0.15) is 0 Å². The van der Waals surface area contributed by atoms with Crippen LogP contribution in [-0.2, 0) is 11.3 Å². The summed E-state index contributed by atoms with van der Waals surface area (Å²) in [5.41, 5.74) is 1.90. The van der Waals surface area contributed by atoms with Crippen molar-refractivity contribution in [2.45, 2.75) is 13.5 Å². The van der Waals surface area contributed by atoms with Crippen molar-refractivity contribution in [3.05, 3.63) is 48.0 Å². The van der Waals surface area contributed by atoms with E-state index in [1.807, 2.05) is 6.92 Å². The Kier molecular flexibility index (Phi) is 3.75. The van der Waals surface area contributed by atoms with Crippen LogP contribution in [0.25, 0.3) is 0 Å². The van der Waals surface area contributed by atoms with Gasteiger partial charge in [0.15, 0.2) is 0 Å². The first-order valence-corrected chi connectivity index (χ1v) is 6.00. The lowest BCUT2D eigenvalue weighted by molar-refractivity contribution is -0.107. The van der Waals surface area contributed by atoms with Gasteiger partial charge in [-0.15, -0.1) is 0 Å². The molecule has 0 unspecified atom stereocenters. The number of imidazole rings is 1. The lowest BCUT2D eigenvalue weighted by atomic mass is 10.1. The topological polar surface area (TPSA) is 55.2 Å². The number of anilines is 1. The highest BCUT2D eigenvalue weighted by Gasteiger charge is 2.13. The lowest BCUT2D eigenvalue weighted by Gasteiger charge is -2.11. The van der Waals surface area contributed by atoms with Crippen LogP contribution in [0.3, 0.4) is 0 Å². The maximum Gasteiger partial charge on any atom is 0.213 e. The molecule has 5 nitrogen and oxygen atoms in total. The summed E-state index contributed by atoms with van der Waals surface area (Å²) in [7, 11) is 1.66. The van der Waals surface area contributed by atoms with E-state index in [-0.39, 0.29) is 5.78 Å². The monoisotopic (exact) mass is 257 g/mol. The molecule has 0 saturated carbocycles. The summed E-state index contributed by atoms with van der Waals surface area (Å²) in [4.78, 5) is 28.4. The van der Waals surface area contributed by atoms with E-state index in [0.717, 1.165) is 12.1 Å². The van der Waals surface area contributed by atoms with Crippen molar-refractivity contribution in [3.63, 3.8) is 0 Å². The van der Waals surface area contributed by atoms with Crippen LogP contribution in [-0.4, -0.2) is 28.8 Å². The second-order valence-corrected chi connectivity index (χ2v) is 4.16. The summed E-state index contributed by atoms with van der Waals surface area (Å²) >= 11 is 0. The third-order valence-electron chi connectivity index (χ3n) is 2.98. The Bertz CT molecular complexity index is 587. The van der Waals surface area contributed by atoms with E-state index < -0.39 is 0 Å². The molecule has 2 aromatic rings. The molecule has 19 heavy (non-hydrogen) atoms. The van der Waals surface area contributed by atoms with Gasteiger partial charge in [-0.3, -0.25) is 9.59 Å². The third-order valence-corrected chi connectivity index (χ3v) is 2.98. The molecule has 98 valence electrons. The summed E-state index contributed by atoms with van der Waals surface area (Å²) in [5.74, 6) is -0.0698. The molecule has 0 fully saturated rings. The van der Waals surface area contributed by atoms with Crippen molar-refractivity contribution in [1.29, 1.82) is 0 Å². The number of aromatic nitrogens is 2. The number of hydrogen-bond acceptors (Lipinski definition) is 3. The van der Waals surface area contributed by atoms with E-state index >= 15 is 0 Å². The van der Waals surface area contributed by atoms with Crippen LogP contribution in [0, 0.1) is 0 Å². The fourth-order valence-electron chi connectivity index (χ4n) is 1.82. The second kappa shape index (κ2) is 5.48. The second-order valence-electron chi connectivity index (χ2n) is 4.16. The standard InChI is InChI=1S/C14H15N3O2/c1-3-17-9-15-8-13(17)14(19)11-4-6-12(7-5-11)16(2)10-18/h4-10H,3H2,1-2H3. The minimum Gasteiger partial charge on any atom is -0.328 e. The Labute approximate surface area is 111 Å². The van der Waals surface area contributed by atoms with Gasteiger partial charge in [-0.05, 0) is 31.2 Å². The van der Waals surface area contributed by atoms with Gasteiger partial charge in [-0.1, -0.05) is 0 Å². The van der Waals surface area contributed by atoms with E-state index in [2.05, 4.69) is 4.98 Å². The first kappa shape index (κ1) is 13.0. The number of amides is 1. The van der Waals surface area contributed by atoms with Gasteiger partial charge in [0.1, 0.15) is 5.69 Å². The van der Waals surface area contributed by atoms with Gasteiger partial charge in [0.25, 0.3) is 0 Å². The Morgan fingerprint density at radius 1 is 1.37 bits per heavy atom. The number of carbonyl (C=O) groups is 2. The summed E-state index contributed by atoms with van der Waals surface area (Å²) in [6.45, 7) is 2.66. The number of hydrogen-bond donors (Lipinski definition) is 0. The average Bonchev–Trinajstić information content (AvgIpc) is 2.94. The Morgan fingerprint density at radius 2 is 2.05 bits per heavy atom. The maximum atomic E-state index is 12.3. The Morgan fingerprint density at radius 3 is 2.63 bits per heavy atom. The zero-order valence-electron chi connectivity index (χ0n) is 10.9. The van der Waals surface area contributed by atoms with E-state index in [1.54, 1.807) is 48.4 Å². The van der Waals surface area contributed by atoms with Crippen molar-refractivity contribution in [1.82, 2.24) is 9.55 Å². The number of aryl methyl sites for hydroxylation is 1. The van der Waals surface area contributed by atoms with Crippen molar-refractivity contribution < 1.29 is 9.59 Å². The Balaban J connectivity index is 2.27. The van der Waals surface area contributed by atoms with Gasteiger partial charge < -0.3 is 9.47 Å². The Hall–Kier alpha value is -2.43. The van der Waals surface area contributed by atoms with Crippen molar-refractivity contribution in [2.75, 3.05) is 11.9 Å². The van der Waals surface area contributed by atoms with Gasteiger partial charge in [0.05, 0.1) is 12.5 Å². The lowest BCUT2D eigenvalue weighted by Crippen LogP contribution is -2.14. The maximum absolute atomic E-state index is 12.3. The van der Waals surface area contributed by atoms with E-state index in [4.69, 9.17) is 0 Å². The normalized spacial score (nSPS) is 10.2. The smallest absolute Gasteiger partial charge is 0.213 e. The predicted octanol–water partition coefficient (Wildman–Crippen LogP) is 1.73. The molecule has 0 atom stereocenters. The number of nitrogens with zero attached hydrogens (tertiary/aromatic N) is 3. The number of carbonyl (C=O) groups excluding carboxylic acids is 2. The van der Waals surface area contributed by atoms with Crippen LogP contribution in [0.5, 0.6) is 0 Å². The summed E-state index contributed by atoms with van der Waals surface area (Å²) in [5, 5.41) is 0. The van der Waals surface area contributed by atoms with Crippen molar-refractivity contribution in [3.8, 4) is 0 Å². The minimum absolute atomic E-state index is 0.0698. The van der Waals surface area contributed by atoms with Crippen LogP contribution >= 0.6 is 0 Å². The molecule has 0 aliphatic heterocycles. The molecule has 1 aromatic heterocycles. The average molecular weight is 257 g/mol. The highest BCUT2D eigenvalue weighted by Crippen LogP contribution is 2.15. The van der Waals surface area contributed by atoms with Crippen molar-refractivity contribution >= 4 is 17.9 Å². The molecule has 2 rings (SSSR count). The minimum atomic E-state index is -0.0698. The van der Waals surface area contributed by atoms with Gasteiger partial charge in [-0.25, -0.2) is 4.98 Å². The number of rotatable bonds is 5. The quantitative estimate of drug-likeness (QED) is 0.605. The zero-order chi connectivity index (χ0) is 13.8.